The van der Waals surface area contributed by atoms with Gasteiger partial charge in [-0.3, -0.25) is 4.79 Å². The van der Waals surface area contributed by atoms with E-state index in [0.717, 1.165) is 21.8 Å². The number of ether oxygens (including phenoxy) is 3. The minimum atomic E-state index is -0.499. The van der Waals surface area contributed by atoms with E-state index in [-0.39, 0.29) is 18.3 Å². The molecule has 0 saturated heterocycles. The molecule has 37 heavy (non-hydrogen) atoms. The second-order valence-electron chi connectivity index (χ2n) is 7.85. The molecule has 0 unspecified atom stereocenters. The Balaban J connectivity index is 1.40. The van der Waals surface area contributed by atoms with E-state index in [9.17, 15) is 9.59 Å². The zero-order valence-electron chi connectivity index (χ0n) is 20.8. The first-order valence-corrected chi connectivity index (χ1v) is 13.1. The Hall–Kier alpha value is -3.83. The highest BCUT2D eigenvalue weighted by Gasteiger charge is 2.25. The van der Waals surface area contributed by atoms with Crippen molar-refractivity contribution in [3.05, 3.63) is 70.9 Å². The summed E-state index contributed by atoms with van der Waals surface area (Å²) in [5.41, 5.74) is 2.00. The third-order valence-electron chi connectivity index (χ3n) is 5.47. The van der Waals surface area contributed by atoms with Crippen molar-refractivity contribution in [3.63, 3.8) is 0 Å². The van der Waals surface area contributed by atoms with Crippen LogP contribution in [0, 0.1) is 6.92 Å². The second-order valence-corrected chi connectivity index (χ2v) is 10.0. The lowest BCUT2D eigenvalue weighted by Gasteiger charge is -2.08. The molecule has 1 amide bonds. The molecule has 0 radical (unpaired) electrons. The first kappa shape index (κ1) is 26.2. The number of carbonyl (C=O) groups excluding carboxylic acids is 2. The molecule has 0 saturated carbocycles. The van der Waals surface area contributed by atoms with Crippen LogP contribution in [0.3, 0.4) is 0 Å². The number of aryl methyl sites for hydroxylation is 1. The van der Waals surface area contributed by atoms with Crippen LogP contribution in [-0.4, -0.2) is 46.6 Å². The number of hydrogen-bond donors (Lipinski definition) is 1. The predicted molar refractivity (Wildman–Crippen MR) is 144 cm³/mol. The van der Waals surface area contributed by atoms with Gasteiger partial charge in [0, 0.05) is 17.5 Å². The maximum atomic E-state index is 12.8. The van der Waals surface area contributed by atoms with Crippen LogP contribution in [0.2, 0.25) is 0 Å². The van der Waals surface area contributed by atoms with Crippen molar-refractivity contribution >= 4 is 40.0 Å². The minimum absolute atomic E-state index is 0.0868. The van der Waals surface area contributed by atoms with Crippen LogP contribution in [0.25, 0.3) is 11.1 Å². The van der Waals surface area contributed by atoms with E-state index in [4.69, 9.17) is 14.2 Å². The fraction of sp³-hybridized carbons (Fsp3) is 0.231. The first-order chi connectivity index (χ1) is 17.9. The van der Waals surface area contributed by atoms with Crippen molar-refractivity contribution in [3.8, 4) is 22.6 Å². The van der Waals surface area contributed by atoms with Crippen LogP contribution in [0.4, 0.5) is 5.00 Å². The van der Waals surface area contributed by atoms with Gasteiger partial charge in [0.05, 0.1) is 20.0 Å². The van der Waals surface area contributed by atoms with E-state index in [2.05, 4.69) is 15.5 Å². The molecule has 0 atom stereocenters. The van der Waals surface area contributed by atoms with Gasteiger partial charge in [0.1, 0.15) is 28.7 Å². The lowest BCUT2D eigenvalue weighted by atomic mass is 10.0. The molecule has 0 spiro atoms. The van der Waals surface area contributed by atoms with Gasteiger partial charge in [-0.2, -0.15) is 0 Å². The monoisotopic (exact) mass is 538 g/mol. The molecule has 1 N–H and O–H groups in total. The Morgan fingerprint density at radius 1 is 1.03 bits per heavy atom. The average Bonchev–Trinajstić information content (AvgIpc) is 3.44. The highest BCUT2D eigenvalue weighted by Crippen LogP contribution is 2.40. The summed E-state index contributed by atoms with van der Waals surface area (Å²) in [6.45, 7) is 2.14. The first-order valence-electron chi connectivity index (χ1n) is 11.3. The standard InChI is InChI=1S/C26H26N4O5S2/c1-16-22(17-8-6-5-7-9-17)23(25(32)34-4)24(37-16)27-21(31)15-36-26-29-28-20(30(26)2)14-35-19-12-10-18(33-3)11-13-19/h5-13H,14-15H2,1-4H3,(H,27,31). The van der Waals surface area contributed by atoms with Crippen molar-refractivity contribution in [2.45, 2.75) is 18.7 Å². The number of anilines is 1. The molecule has 4 rings (SSSR count). The van der Waals surface area contributed by atoms with Gasteiger partial charge in [0.2, 0.25) is 5.91 Å². The maximum Gasteiger partial charge on any atom is 0.341 e. The molecular weight excluding hydrogens is 512 g/mol. The van der Waals surface area contributed by atoms with Gasteiger partial charge >= 0.3 is 5.97 Å². The third kappa shape index (κ3) is 6.12. The van der Waals surface area contributed by atoms with E-state index in [1.165, 1.54) is 30.2 Å². The molecule has 0 bridgehead atoms. The minimum Gasteiger partial charge on any atom is -0.497 e. The summed E-state index contributed by atoms with van der Waals surface area (Å²) in [5, 5.41) is 12.3. The van der Waals surface area contributed by atoms with Crippen molar-refractivity contribution in [2.24, 2.45) is 7.05 Å². The zero-order valence-corrected chi connectivity index (χ0v) is 22.4. The quantitative estimate of drug-likeness (QED) is 0.223. The molecule has 0 fully saturated rings. The number of hydrogen-bond acceptors (Lipinski definition) is 9. The topological polar surface area (TPSA) is 105 Å². The molecule has 0 aliphatic heterocycles. The van der Waals surface area contributed by atoms with Crippen LogP contribution >= 0.6 is 23.1 Å². The molecule has 192 valence electrons. The van der Waals surface area contributed by atoms with E-state index in [1.54, 1.807) is 11.7 Å². The summed E-state index contributed by atoms with van der Waals surface area (Å²) in [6, 6.07) is 16.8. The van der Waals surface area contributed by atoms with Crippen LogP contribution in [0.15, 0.2) is 59.8 Å². The number of carbonyl (C=O) groups is 2. The lowest BCUT2D eigenvalue weighted by Crippen LogP contribution is -2.16. The van der Waals surface area contributed by atoms with Gasteiger partial charge in [-0.15, -0.1) is 21.5 Å². The van der Waals surface area contributed by atoms with Crippen molar-refractivity contribution in [2.75, 3.05) is 25.3 Å². The maximum absolute atomic E-state index is 12.8. The van der Waals surface area contributed by atoms with Crippen LogP contribution in [0.5, 0.6) is 11.5 Å². The molecule has 2 heterocycles. The number of thiophene rings is 1. The lowest BCUT2D eigenvalue weighted by molar-refractivity contribution is -0.113. The Bertz CT molecular complexity index is 1380. The number of rotatable bonds is 10. The van der Waals surface area contributed by atoms with Gasteiger partial charge < -0.3 is 24.1 Å². The summed E-state index contributed by atoms with van der Waals surface area (Å²) >= 11 is 2.59. The van der Waals surface area contributed by atoms with Gasteiger partial charge in [-0.25, -0.2) is 4.79 Å². The van der Waals surface area contributed by atoms with E-state index in [0.29, 0.717) is 27.3 Å². The number of methoxy groups -OCH3 is 2. The Morgan fingerprint density at radius 3 is 2.41 bits per heavy atom. The molecule has 2 aromatic heterocycles. The summed E-state index contributed by atoms with van der Waals surface area (Å²) in [4.78, 5) is 26.4. The highest BCUT2D eigenvalue weighted by molar-refractivity contribution is 7.99. The number of benzene rings is 2. The van der Waals surface area contributed by atoms with Crippen LogP contribution < -0.4 is 14.8 Å². The molecule has 11 heteroatoms. The second kappa shape index (κ2) is 11.9. The van der Waals surface area contributed by atoms with Gasteiger partial charge in [-0.1, -0.05) is 42.1 Å². The fourth-order valence-electron chi connectivity index (χ4n) is 3.59. The Kier molecular flexibility index (Phi) is 8.47. The summed E-state index contributed by atoms with van der Waals surface area (Å²) in [7, 11) is 4.75. The summed E-state index contributed by atoms with van der Waals surface area (Å²) < 4.78 is 17.7. The number of esters is 1. The molecule has 9 nitrogen and oxygen atoms in total. The van der Waals surface area contributed by atoms with E-state index in [1.807, 2.05) is 68.6 Å². The number of thioether (sulfide) groups is 1. The SMILES string of the molecule is COC(=O)c1c(NC(=O)CSc2nnc(COc3ccc(OC)cc3)n2C)sc(C)c1-c1ccccc1. The van der Waals surface area contributed by atoms with Crippen molar-refractivity contribution in [1.82, 2.24) is 14.8 Å². The Labute approximate surface area is 222 Å². The number of nitrogens with zero attached hydrogens (tertiary/aromatic N) is 3. The largest absolute Gasteiger partial charge is 0.497 e. The fourth-order valence-corrected chi connectivity index (χ4v) is 5.40. The molecule has 2 aromatic carbocycles. The molecule has 0 aliphatic rings. The number of nitrogens with one attached hydrogen (secondary N) is 1. The summed E-state index contributed by atoms with van der Waals surface area (Å²) in [5.74, 6) is 1.36. The molecule has 4 aromatic rings. The number of amides is 1. The molecule has 0 aliphatic carbocycles. The summed E-state index contributed by atoms with van der Waals surface area (Å²) in [6.07, 6.45) is 0. The molecular formula is C26H26N4O5S2. The van der Waals surface area contributed by atoms with Gasteiger partial charge in [0.25, 0.3) is 0 Å². The van der Waals surface area contributed by atoms with Crippen molar-refractivity contribution < 1.29 is 23.8 Å². The van der Waals surface area contributed by atoms with E-state index >= 15 is 0 Å². The smallest absolute Gasteiger partial charge is 0.341 e. The predicted octanol–water partition coefficient (Wildman–Crippen LogP) is 4.96. The highest BCUT2D eigenvalue weighted by atomic mass is 32.2. The Morgan fingerprint density at radius 2 is 1.73 bits per heavy atom. The average molecular weight is 539 g/mol. The number of aromatic nitrogens is 3. The van der Waals surface area contributed by atoms with Crippen LogP contribution in [0.1, 0.15) is 21.1 Å². The van der Waals surface area contributed by atoms with Crippen molar-refractivity contribution in [1.29, 1.82) is 0 Å². The van der Waals surface area contributed by atoms with Gasteiger partial charge in [-0.05, 0) is 36.8 Å². The van der Waals surface area contributed by atoms with E-state index < -0.39 is 5.97 Å². The van der Waals surface area contributed by atoms with Gasteiger partial charge in [0.15, 0.2) is 11.0 Å². The normalized spacial score (nSPS) is 10.7. The third-order valence-corrected chi connectivity index (χ3v) is 7.51. The van der Waals surface area contributed by atoms with Crippen LogP contribution in [-0.2, 0) is 23.2 Å². The zero-order chi connectivity index (χ0) is 26.4.